The molecule has 2 heteroatoms. The number of H-pyrrole nitrogens is 1. The first kappa shape index (κ1) is 7.79. The van der Waals surface area contributed by atoms with Crippen LogP contribution in [-0.2, 0) is 0 Å². The Labute approximate surface area is 65.6 Å². The predicted molar refractivity (Wildman–Crippen MR) is 46.4 cm³/mol. The van der Waals surface area contributed by atoms with Crippen molar-refractivity contribution in [1.29, 1.82) is 0 Å². The Morgan fingerprint density at radius 2 is 2.45 bits per heavy atom. The highest BCUT2D eigenvalue weighted by atomic mass is 16.1. The van der Waals surface area contributed by atoms with E-state index in [2.05, 4.69) is 4.98 Å². The molecule has 58 valence electrons. The summed E-state index contributed by atoms with van der Waals surface area (Å²) in [6, 6.07) is 3.61. The van der Waals surface area contributed by atoms with E-state index in [9.17, 15) is 4.79 Å². The number of pyridine rings is 1. The minimum Gasteiger partial charge on any atom is -0.329 e. The second-order valence-electron chi connectivity index (χ2n) is 2.27. The van der Waals surface area contributed by atoms with Gasteiger partial charge in [0.25, 0.3) is 5.56 Å². The van der Waals surface area contributed by atoms with Crippen LogP contribution < -0.4 is 5.56 Å². The minimum absolute atomic E-state index is 0.0304. The van der Waals surface area contributed by atoms with E-state index in [-0.39, 0.29) is 5.56 Å². The molecule has 0 saturated heterocycles. The van der Waals surface area contributed by atoms with Gasteiger partial charge in [0.2, 0.25) is 0 Å². The van der Waals surface area contributed by atoms with Crippen LogP contribution >= 0.6 is 0 Å². The van der Waals surface area contributed by atoms with Crippen molar-refractivity contribution in [3.05, 3.63) is 40.3 Å². The van der Waals surface area contributed by atoms with Gasteiger partial charge in [-0.05, 0) is 18.6 Å². The van der Waals surface area contributed by atoms with Crippen LogP contribution in [0.3, 0.4) is 0 Å². The summed E-state index contributed by atoms with van der Waals surface area (Å²) in [5.74, 6) is 0. The maximum Gasteiger partial charge on any atom is 0.255 e. The molecule has 1 aromatic rings. The molecule has 2 nitrogen and oxygen atoms in total. The van der Waals surface area contributed by atoms with E-state index in [1.165, 1.54) is 0 Å². The lowest BCUT2D eigenvalue weighted by Crippen LogP contribution is -2.06. The lowest BCUT2D eigenvalue weighted by atomic mass is 10.2. The molecule has 0 radical (unpaired) electrons. The van der Waals surface area contributed by atoms with Crippen molar-refractivity contribution in [3.8, 4) is 0 Å². The van der Waals surface area contributed by atoms with Gasteiger partial charge in [0.1, 0.15) is 0 Å². The fourth-order valence-electron chi connectivity index (χ4n) is 0.811. The Bertz CT molecular complexity index is 298. The number of nitrogens with one attached hydrogen (secondary N) is 1. The molecule has 0 atom stereocenters. The molecule has 0 aromatic carbocycles. The molecule has 11 heavy (non-hydrogen) atoms. The molecular weight excluding hydrogens is 138 g/mol. The fourth-order valence-corrected chi connectivity index (χ4v) is 0.811. The fraction of sp³-hybridized carbons (Fsp3) is 0.222. The maximum atomic E-state index is 11.0. The van der Waals surface area contributed by atoms with E-state index in [4.69, 9.17) is 0 Å². The van der Waals surface area contributed by atoms with Gasteiger partial charge in [-0.2, -0.15) is 0 Å². The molecule has 0 spiro atoms. The van der Waals surface area contributed by atoms with Crippen molar-refractivity contribution >= 4 is 6.08 Å². The third-order valence-electron chi connectivity index (χ3n) is 1.38. The average Bonchev–Trinajstić information content (AvgIpc) is 2.03. The molecule has 0 aliphatic heterocycles. The molecule has 0 aliphatic carbocycles. The van der Waals surface area contributed by atoms with Gasteiger partial charge in [0.15, 0.2) is 0 Å². The van der Waals surface area contributed by atoms with Crippen molar-refractivity contribution in [2.24, 2.45) is 0 Å². The minimum atomic E-state index is -0.0304. The van der Waals surface area contributed by atoms with Crippen molar-refractivity contribution in [3.63, 3.8) is 0 Å². The van der Waals surface area contributed by atoms with Crippen molar-refractivity contribution in [2.75, 3.05) is 0 Å². The first-order valence-corrected chi connectivity index (χ1v) is 3.69. The van der Waals surface area contributed by atoms with Crippen molar-refractivity contribution < 1.29 is 0 Å². The van der Waals surface area contributed by atoms with Crippen LogP contribution in [0.15, 0.2) is 29.2 Å². The summed E-state index contributed by atoms with van der Waals surface area (Å²) in [6.45, 7) is 2.04. The molecule has 0 aliphatic rings. The first-order valence-electron chi connectivity index (χ1n) is 3.69. The monoisotopic (exact) mass is 149 g/mol. The topological polar surface area (TPSA) is 32.9 Å². The predicted octanol–water partition coefficient (Wildman–Crippen LogP) is 1.80. The third kappa shape index (κ3) is 2.08. The Morgan fingerprint density at radius 3 is 3.09 bits per heavy atom. The molecule has 1 heterocycles. The summed E-state index contributed by atoms with van der Waals surface area (Å²) in [7, 11) is 0. The normalized spacial score (nSPS) is 10.6. The first-order chi connectivity index (χ1) is 5.34. The van der Waals surface area contributed by atoms with Crippen molar-refractivity contribution in [1.82, 2.24) is 4.98 Å². The smallest absolute Gasteiger partial charge is 0.255 e. The summed E-state index contributed by atoms with van der Waals surface area (Å²) in [6.07, 6.45) is 6.38. The van der Waals surface area contributed by atoms with E-state index >= 15 is 0 Å². The van der Waals surface area contributed by atoms with Crippen LogP contribution in [0, 0.1) is 0 Å². The molecular formula is C9H11NO. The second-order valence-corrected chi connectivity index (χ2v) is 2.27. The summed E-state index contributed by atoms with van der Waals surface area (Å²) in [4.78, 5) is 13.6. The van der Waals surface area contributed by atoms with Crippen LogP contribution in [-0.4, -0.2) is 4.98 Å². The second kappa shape index (κ2) is 3.76. The summed E-state index contributed by atoms with van der Waals surface area (Å²) < 4.78 is 0. The van der Waals surface area contributed by atoms with Gasteiger partial charge in [-0.1, -0.05) is 19.1 Å². The average molecular weight is 149 g/mol. The quantitative estimate of drug-likeness (QED) is 0.683. The number of hydrogen-bond donors (Lipinski definition) is 1. The summed E-state index contributed by atoms with van der Waals surface area (Å²) in [5.41, 5.74) is 0.687. The molecule has 0 amide bonds. The van der Waals surface area contributed by atoms with Crippen LogP contribution in [0.5, 0.6) is 0 Å². The zero-order valence-electron chi connectivity index (χ0n) is 6.50. The summed E-state index contributed by atoms with van der Waals surface area (Å²) >= 11 is 0. The molecule has 1 aromatic heterocycles. The van der Waals surface area contributed by atoms with Crippen LogP contribution in [0.25, 0.3) is 6.08 Å². The van der Waals surface area contributed by atoms with Crippen molar-refractivity contribution in [2.45, 2.75) is 13.3 Å². The maximum absolute atomic E-state index is 11.0. The van der Waals surface area contributed by atoms with E-state index in [0.29, 0.717) is 5.56 Å². The van der Waals surface area contributed by atoms with E-state index in [0.717, 1.165) is 6.42 Å². The number of rotatable bonds is 2. The highest BCUT2D eigenvalue weighted by Crippen LogP contribution is 1.93. The zero-order chi connectivity index (χ0) is 8.10. The molecule has 0 unspecified atom stereocenters. The lowest BCUT2D eigenvalue weighted by molar-refractivity contribution is 1.21. The van der Waals surface area contributed by atoms with Gasteiger partial charge >= 0.3 is 0 Å². The standard InChI is InChI=1S/C9H11NO/c1-2-3-5-8-6-4-7-10-9(8)11/h3-7H,2H2,1H3,(H,10,11). The Morgan fingerprint density at radius 1 is 1.64 bits per heavy atom. The Hall–Kier alpha value is -1.31. The molecule has 0 bridgehead atoms. The third-order valence-corrected chi connectivity index (χ3v) is 1.38. The number of aromatic nitrogens is 1. The Kier molecular flexibility index (Phi) is 2.66. The van der Waals surface area contributed by atoms with Crippen LogP contribution in [0.2, 0.25) is 0 Å². The number of aromatic amines is 1. The van der Waals surface area contributed by atoms with E-state index in [1.807, 2.05) is 25.1 Å². The molecule has 0 saturated carbocycles. The van der Waals surface area contributed by atoms with E-state index < -0.39 is 0 Å². The summed E-state index contributed by atoms with van der Waals surface area (Å²) in [5, 5.41) is 0. The SMILES string of the molecule is CCC=Cc1ccc[nH]c1=O. The number of hydrogen-bond acceptors (Lipinski definition) is 1. The van der Waals surface area contributed by atoms with Crippen LogP contribution in [0.1, 0.15) is 18.9 Å². The van der Waals surface area contributed by atoms with Gasteiger partial charge in [0, 0.05) is 11.8 Å². The highest BCUT2D eigenvalue weighted by molar-refractivity contribution is 5.46. The van der Waals surface area contributed by atoms with Gasteiger partial charge in [0.05, 0.1) is 0 Å². The molecule has 1 rings (SSSR count). The number of allylic oxidation sites excluding steroid dienone is 1. The van der Waals surface area contributed by atoms with E-state index in [1.54, 1.807) is 12.3 Å². The van der Waals surface area contributed by atoms with Gasteiger partial charge < -0.3 is 4.98 Å². The lowest BCUT2D eigenvalue weighted by Gasteiger charge is -1.88. The van der Waals surface area contributed by atoms with Gasteiger partial charge in [-0.25, -0.2) is 0 Å². The Balaban J connectivity index is 2.95. The largest absolute Gasteiger partial charge is 0.329 e. The molecule has 0 fully saturated rings. The molecule has 1 N–H and O–H groups in total. The van der Waals surface area contributed by atoms with Crippen LogP contribution in [0.4, 0.5) is 0 Å². The highest BCUT2D eigenvalue weighted by Gasteiger charge is 1.88. The zero-order valence-corrected chi connectivity index (χ0v) is 6.50. The van der Waals surface area contributed by atoms with Gasteiger partial charge in [-0.3, -0.25) is 4.79 Å². The van der Waals surface area contributed by atoms with Gasteiger partial charge in [-0.15, -0.1) is 0 Å².